The average molecular weight is 346 g/mol. The number of carbonyl (C=O) groups is 2. The van der Waals surface area contributed by atoms with Crippen LogP contribution < -0.4 is 5.32 Å². The van der Waals surface area contributed by atoms with E-state index in [1.807, 2.05) is 0 Å². The van der Waals surface area contributed by atoms with Gasteiger partial charge in [-0.05, 0) is 19.3 Å². The summed E-state index contributed by atoms with van der Waals surface area (Å²) in [6.07, 6.45) is 5.67. The van der Waals surface area contributed by atoms with Crippen LogP contribution in [0.3, 0.4) is 0 Å². The Balaban J connectivity index is 3.39. The first kappa shape index (κ1) is 22.8. The Bertz CT molecular complexity index is 326. The van der Waals surface area contributed by atoms with Gasteiger partial charge in [-0.3, -0.25) is 9.59 Å². The molecule has 0 aromatic carbocycles. The van der Waals surface area contributed by atoms with E-state index in [2.05, 4.69) is 5.32 Å². The second-order valence-electron chi connectivity index (χ2n) is 5.68. The topological polar surface area (TPSA) is 77.1 Å². The summed E-state index contributed by atoms with van der Waals surface area (Å²) in [6, 6.07) is 0. The maximum absolute atomic E-state index is 11.9. The van der Waals surface area contributed by atoms with Gasteiger partial charge in [0.05, 0.1) is 13.2 Å². The molecule has 142 valence electrons. The largest absolute Gasteiger partial charge is 0.382 e. The summed E-state index contributed by atoms with van der Waals surface area (Å²) in [6.45, 7) is 2.67. The van der Waals surface area contributed by atoms with Gasteiger partial charge in [0.1, 0.15) is 6.73 Å². The minimum atomic E-state index is 0.0657. The number of hydrogen-bond acceptors (Lipinski definition) is 5. The highest BCUT2D eigenvalue weighted by Crippen LogP contribution is 2.03. The highest BCUT2D eigenvalue weighted by atomic mass is 16.5. The van der Waals surface area contributed by atoms with E-state index in [0.717, 1.165) is 25.7 Å². The van der Waals surface area contributed by atoms with Crippen LogP contribution in [0.4, 0.5) is 0 Å². The third-order valence-electron chi connectivity index (χ3n) is 3.54. The van der Waals surface area contributed by atoms with Gasteiger partial charge < -0.3 is 24.4 Å². The number of amides is 2. The molecule has 0 rings (SSSR count). The molecule has 0 saturated carbocycles. The summed E-state index contributed by atoms with van der Waals surface area (Å²) >= 11 is 0. The summed E-state index contributed by atoms with van der Waals surface area (Å²) in [5, 5.41) is 2.61. The van der Waals surface area contributed by atoms with E-state index in [0.29, 0.717) is 52.4 Å². The van der Waals surface area contributed by atoms with Crippen LogP contribution in [0.15, 0.2) is 0 Å². The Hall–Kier alpha value is -1.18. The van der Waals surface area contributed by atoms with Crippen molar-refractivity contribution in [3.8, 4) is 0 Å². The molecule has 2 amide bonds. The van der Waals surface area contributed by atoms with E-state index in [1.165, 1.54) is 0 Å². The molecule has 0 atom stereocenters. The Kier molecular flexibility index (Phi) is 15.9. The maximum Gasteiger partial charge on any atom is 0.224 e. The predicted octanol–water partition coefficient (Wildman–Crippen LogP) is 1.56. The zero-order valence-corrected chi connectivity index (χ0v) is 15.5. The molecule has 0 aromatic heterocycles. The van der Waals surface area contributed by atoms with E-state index in [-0.39, 0.29) is 11.8 Å². The van der Waals surface area contributed by atoms with Crippen LogP contribution >= 0.6 is 0 Å². The fourth-order valence-corrected chi connectivity index (χ4v) is 2.00. The van der Waals surface area contributed by atoms with Crippen molar-refractivity contribution in [1.82, 2.24) is 10.2 Å². The smallest absolute Gasteiger partial charge is 0.224 e. The van der Waals surface area contributed by atoms with Crippen LogP contribution in [0.5, 0.6) is 0 Å². The molecule has 7 heteroatoms. The summed E-state index contributed by atoms with van der Waals surface area (Å²) in [4.78, 5) is 24.5. The van der Waals surface area contributed by atoms with E-state index < -0.39 is 0 Å². The van der Waals surface area contributed by atoms with Crippen LogP contribution in [0, 0.1) is 0 Å². The van der Waals surface area contributed by atoms with Gasteiger partial charge >= 0.3 is 0 Å². The number of rotatable bonds is 16. The zero-order chi connectivity index (χ0) is 18.0. The Labute approximate surface area is 146 Å². The van der Waals surface area contributed by atoms with Crippen molar-refractivity contribution in [2.45, 2.75) is 44.9 Å². The molecule has 1 N–H and O–H groups in total. The van der Waals surface area contributed by atoms with Gasteiger partial charge in [0.25, 0.3) is 0 Å². The Morgan fingerprint density at radius 3 is 2.29 bits per heavy atom. The van der Waals surface area contributed by atoms with Gasteiger partial charge in [-0.25, -0.2) is 0 Å². The number of nitrogens with one attached hydrogen (secondary N) is 1. The maximum atomic E-state index is 11.9. The molecule has 0 heterocycles. The lowest BCUT2D eigenvalue weighted by molar-refractivity contribution is -0.135. The first-order chi connectivity index (χ1) is 11.6. The third kappa shape index (κ3) is 14.4. The van der Waals surface area contributed by atoms with Crippen LogP contribution in [0.2, 0.25) is 0 Å². The van der Waals surface area contributed by atoms with Crippen molar-refractivity contribution in [1.29, 1.82) is 0 Å². The first-order valence-electron chi connectivity index (χ1n) is 8.70. The fourth-order valence-electron chi connectivity index (χ4n) is 2.00. The highest BCUT2D eigenvalue weighted by molar-refractivity contribution is 5.75. The van der Waals surface area contributed by atoms with Crippen molar-refractivity contribution in [2.75, 3.05) is 54.4 Å². The average Bonchev–Trinajstić information content (AvgIpc) is 2.59. The Morgan fingerprint density at radius 2 is 1.58 bits per heavy atom. The molecule has 0 spiro atoms. The van der Waals surface area contributed by atoms with Crippen LogP contribution in [-0.4, -0.2) is 71.1 Å². The standard InChI is InChI=1S/C17H34N2O5/c1-18-16(20)9-6-4-5-7-11-24-15-19(2)17(21)10-8-12-23-14-13-22-3/h4-15H2,1-3H3,(H,18,20). The summed E-state index contributed by atoms with van der Waals surface area (Å²) in [7, 11) is 5.03. The van der Waals surface area contributed by atoms with Gasteiger partial charge in [0, 0.05) is 47.3 Å². The van der Waals surface area contributed by atoms with Crippen LogP contribution in [0.25, 0.3) is 0 Å². The first-order valence-corrected chi connectivity index (χ1v) is 8.70. The molecule has 0 bridgehead atoms. The lowest BCUT2D eigenvalue weighted by Gasteiger charge is -2.17. The summed E-state index contributed by atoms with van der Waals surface area (Å²) in [5.74, 6) is 0.159. The van der Waals surface area contributed by atoms with Crippen molar-refractivity contribution >= 4 is 11.8 Å². The Morgan fingerprint density at radius 1 is 0.875 bits per heavy atom. The molecule has 0 aliphatic rings. The van der Waals surface area contributed by atoms with Crippen molar-refractivity contribution in [3.63, 3.8) is 0 Å². The highest BCUT2D eigenvalue weighted by Gasteiger charge is 2.08. The van der Waals surface area contributed by atoms with Gasteiger partial charge in [-0.2, -0.15) is 0 Å². The zero-order valence-electron chi connectivity index (χ0n) is 15.5. The number of unbranched alkanes of at least 4 members (excludes halogenated alkanes) is 3. The third-order valence-corrected chi connectivity index (χ3v) is 3.54. The van der Waals surface area contributed by atoms with Crippen molar-refractivity contribution < 1.29 is 23.8 Å². The molecule has 0 fully saturated rings. The van der Waals surface area contributed by atoms with Crippen molar-refractivity contribution in [3.05, 3.63) is 0 Å². The van der Waals surface area contributed by atoms with Crippen molar-refractivity contribution in [2.24, 2.45) is 0 Å². The van der Waals surface area contributed by atoms with E-state index in [9.17, 15) is 9.59 Å². The molecule has 0 saturated heterocycles. The number of methoxy groups -OCH3 is 1. The number of nitrogens with zero attached hydrogens (tertiary/aromatic N) is 1. The monoisotopic (exact) mass is 346 g/mol. The molecule has 0 radical (unpaired) electrons. The minimum Gasteiger partial charge on any atom is -0.382 e. The number of ether oxygens (including phenoxy) is 3. The second-order valence-corrected chi connectivity index (χ2v) is 5.68. The molecular weight excluding hydrogens is 312 g/mol. The summed E-state index contributed by atoms with van der Waals surface area (Å²) in [5.41, 5.74) is 0. The van der Waals surface area contributed by atoms with Gasteiger partial charge in [-0.1, -0.05) is 12.8 Å². The van der Waals surface area contributed by atoms with Crippen LogP contribution in [-0.2, 0) is 23.8 Å². The fraction of sp³-hybridized carbons (Fsp3) is 0.882. The lowest BCUT2D eigenvalue weighted by atomic mass is 10.1. The number of hydrogen-bond donors (Lipinski definition) is 1. The second kappa shape index (κ2) is 16.7. The molecular formula is C17H34N2O5. The lowest BCUT2D eigenvalue weighted by Crippen LogP contribution is -2.29. The SMILES string of the molecule is CNC(=O)CCCCCCOCN(C)C(=O)CCCOCCOC. The minimum absolute atomic E-state index is 0.0657. The van der Waals surface area contributed by atoms with Gasteiger partial charge in [-0.15, -0.1) is 0 Å². The van der Waals surface area contributed by atoms with Crippen LogP contribution in [0.1, 0.15) is 44.9 Å². The molecule has 0 aliphatic heterocycles. The normalized spacial score (nSPS) is 10.6. The van der Waals surface area contributed by atoms with E-state index in [1.54, 1.807) is 26.1 Å². The molecule has 7 nitrogen and oxygen atoms in total. The molecule has 0 aliphatic carbocycles. The molecule has 0 unspecified atom stereocenters. The van der Waals surface area contributed by atoms with Gasteiger partial charge in [0.2, 0.25) is 11.8 Å². The quantitative estimate of drug-likeness (QED) is 0.339. The summed E-state index contributed by atoms with van der Waals surface area (Å²) < 4.78 is 15.7. The molecule has 0 aromatic rings. The number of carbonyl (C=O) groups excluding carboxylic acids is 2. The molecule has 24 heavy (non-hydrogen) atoms. The van der Waals surface area contributed by atoms with E-state index >= 15 is 0 Å². The van der Waals surface area contributed by atoms with Gasteiger partial charge in [0.15, 0.2) is 0 Å². The predicted molar refractivity (Wildman–Crippen MR) is 92.7 cm³/mol. The van der Waals surface area contributed by atoms with E-state index in [4.69, 9.17) is 14.2 Å².